The molecule has 2 heteroatoms. The molecule has 0 bridgehead atoms. The summed E-state index contributed by atoms with van der Waals surface area (Å²) in [5.74, 6) is 0. The molecule has 0 unspecified atom stereocenters. The van der Waals surface area contributed by atoms with Crippen molar-refractivity contribution in [1.82, 2.24) is 4.90 Å². The van der Waals surface area contributed by atoms with Crippen molar-refractivity contribution in [1.29, 1.82) is 0 Å². The summed E-state index contributed by atoms with van der Waals surface area (Å²) < 4.78 is 0. The molecule has 2 nitrogen and oxygen atoms in total. The summed E-state index contributed by atoms with van der Waals surface area (Å²) in [6, 6.07) is 0. The lowest BCUT2D eigenvalue weighted by Gasteiger charge is -2.10. The molecule has 0 saturated carbocycles. The van der Waals surface area contributed by atoms with Crippen LogP contribution in [0.5, 0.6) is 0 Å². The Balaban J connectivity index is -0.000000138. The summed E-state index contributed by atoms with van der Waals surface area (Å²) in [5.41, 5.74) is 0. The maximum Gasteiger partial charge on any atom is 0.0319 e. The molecule has 0 heterocycles. The highest BCUT2D eigenvalue weighted by Crippen LogP contribution is 1.82. The molecular weight excluding hydrogens is 138 g/mol. The molecule has 0 aliphatic rings. The molecule has 0 aromatic heterocycles. The molecule has 0 aliphatic carbocycles. The second-order valence-electron chi connectivity index (χ2n) is 1.90. The second-order valence-corrected chi connectivity index (χ2v) is 1.90. The standard InChI is InChI=1S/C6H15N.C2H6.CH4O/c1-4-6-7(3)5-2;2*1-2/h4-6H2,1-3H3;1-2H3;2H,1H3. The van der Waals surface area contributed by atoms with Gasteiger partial charge >= 0.3 is 0 Å². The van der Waals surface area contributed by atoms with Crippen LogP contribution in [0.3, 0.4) is 0 Å². The fourth-order valence-electron chi connectivity index (χ4n) is 0.540. The lowest BCUT2D eigenvalue weighted by Crippen LogP contribution is -2.17. The first-order chi connectivity index (χ1) is 5.31. The molecule has 0 aromatic carbocycles. The normalized spacial score (nSPS) is 7.64. The average Bonchev–Trinajstić information content (AvgIpc) is 2.12. The Kier molecular flexibility index (Phi) is 35.1. The summed E-state index contributed by atoms with van der Waals surface area (Å²) in [7, 11) is 3.14. The summed E-state index contributed by atoms with van der Waals surface area (Å²) >= 11 is 0. The first kappa shape index (κ1) is 17.1. The van der Waals surface area contributed by atoms with Crippen molar-refractivity contribution in [2.45, 2.75) is 34.1 Å². The van der Waals surface area contributed by atoms with Crippen LogP contribution in [-0.4, -0.2) is 37.3 Å². The van der Waals surface area contributed by atoms with Gasteiger partial charge in [-0.25, -0.2) is 0 Å². The predicted molar refractivity (Wildman–Crippen MR) is 53.0 cm³/mol. The predicted octanol–water partition coefficient (Wildman–Crippen LogP) is 1.98. The van der Waals surface area contributed by atoms with Crippen molar-refractivity contribution < 1.29 is 5.11 Å². The van der Waals surface area contributed by atoms with E-state index >= 15 is 0 Å². The van der Waals surface area contributed by atoms with Gasteiger partial charge in [0.15, 0.2) is 0 Å². The second kappa shape index (κ2) is 22.5. The first-order valence-corrected chi connectivity index (χ1v) is 4.44. The maximum atomic E-state index is 7.00. The summed E-state index contributed by atoms with van der Waals surface area (Å²) in [6.45, 7) is 10.8. The van der Waals surface area contributed by atoms with Gasteiger partial charge in [-0.05, 0) is 26.6 Å². The van der Waals surface area contributed by atoms with E-state index in [9.17, 15) is 0 Å². The third-order valence-electron chi connectivity index (χ3n) is 1.15. The highest BCUT2D eigenvalue weighted by atomic mass is 16.2. The van der Waals surface area contributed by atoms with Crippen molar-refractivity contribution in [2.24, 2.45) is 0 Å². The van der Waals surface area contributed by atoms with E-state index in [2.05, 4.69) is 25.8 Å². The van der Waals surface area contributed by atoms with Crippen molar-refractivity contribution >= 4 is 0 Å². The van der Waals surface area contributed by atoms with E-state index in [0.29, 0.717) is 0 Å². The summed E-state index contributed by atoms with van der Waals surface area (Å²) in [5, 5.41) is 7.00. The van der Waals surface area contributed by atoms with Crippen molar-refractivity contribution in [3.63, 3.8) is 0 Å². The van der Waals surface area contributed by atoms with Gasteiger partial charge in [0.05, 0.1) is 0 Å². The lowest BCUT2D eigenvalue weighted by atomic mass is 10.4. The molecule has 0 aromatic rings. The van der Waals surface area contributed by atoms with Gasteiger partial charge in [-0.1, -0.05) is 27.7 Å². The van der Waals surface area contributed by atoms with E-state index in [1.54, 1.807) is 0 Å². The summed E-state index contributed by atoms with van der Waals surface area (Å²) in [6.07, 6.45) is 1.27. The van der Waals surface area contributed by atoms with Crippen LogP contribution in [0.15, 0.2) is 0 Å². The quantitative estimate of drug-likeness (QED) is 0.687. The Labute approximate surface area is 72.2 Å². The monoisotopic (exact) mass is 163 g/mol. The van der Waals surface area contributed by atoms with Crippen LogP contribution in [0.4, 0.5) is 0 Å². The van der Waals surface area contributed by atoms with Gasteiger partial charge in [-0.3, -0.25) is 0 Å². The molecule has 0 spiro atoms. The summed E-state index contributed by atoms with van der Waals surface area (Å²) in [4.78, 5) is 2.31. The first-order valence-electron chi connectivity index (χ1n) is 4.44. The van der Waals surface area contributed by atoms with Gasteiger partial charge in [-0.2, -0.15) is 0 Å². The molecule has 0 radical (unpaired) electrons. The van der Waals surface area contributed by atoms with Gasteiger partial charge in [0.1, 0.15) is 0 Å². The fraction of sp³-hybridized carbons (Fsp3) is 1.00. The average molecular weight is 163 g/mol. The van der Waals surface area contributed by atoms with Crippen LogP contribution in [0, 0.1) is 0 Å². The molecule has 0 amide bonds. The van der Waals surface area contributed by atoms with E-state index in [0.717, 1.165) is 7.11 Å². The van der Waals surface area contributed by atoms with E-state index in [1.807, 2.05) is 13.8 Å². The topological polar surface area (TPSA) is 23.5 Å². The maximum absolute atomic E-state index is 7.00. The molecule has 0 rings (SSSR count). The molecule has 11 heavy (non-hydrogen) atoms. The minimum atomic E-state index is 1.00. The zero-order valence-electron chi connectivity index (χ0n) is 9.02. The third-order valence-corrected chi connectivity index (χ3v) is 1.15. The van der Waals surface area contributed by atoms with Crippen LogP contribution < -0.4 is 0 Å². The lowest BCUT2D eigenvalue weighted by molar-refractivity contribution is 0.353. The number of aliphatic hydroxyl groups excluding tert-OH is 1. The largest absolute Gasteiger partial charge is 0.400 e. The van der Waals surface area contributed by atoms with Crippen LogP contribution >= 0.6 is 0 Å². The minimum absolute atomic E-state index is 1.00. The Morgan fingerprint density at radius 2 is 1.45 bits per heavy atom. The van der Waals surface area contributed by atoms with E-state index < -0.39 is 0 Å². The fourth-order valence-corrected chi connectivity index (χ4v) is 0.540. The van der Waals surface area contributed by atoms with Gasteiger partial charge in [-0.15, -0.1) is 0 Å². The molecular formula is C9H25NO. The molecule has 72 valence electrons. The van der Waals surface area contributed by atoms with Crippen molar-refractivity contribution in [2.75, 3.05) is 27.2 Å². The van der Waals surface area contributed by atoms with Crippen molar-refractivity contribution in [3.05, 3.63) is 0 Å². The Hall–Kier alpha value is -0.0800. The van der Waals surface area contributed by atoms with E-state index in [1.165, 1.54) is 19.5 Å². The van der Waals surface area contributed by atoms with Crippen LogP contribution in [0.2, 0.25) is 0 Å². The molecule has 1 N–H and O–H groups in total. The smallest absolute Gasteiger partial charge is 0.0319 e. The van der Waals surface area contributed by atoms with Crippen LogP contribution in [0.25, 0.3) is 0 Å². The van der Waals surface area contributed by atoms with E-state index in [4.69, 9.17) is 5.11 Å². The number of hydrogen-bond acceptors (Lipinski definition) is 2. The van der Waals surface area contributed by atoms with Gasteiger partial charge in [0, 0.05) is 7.11 Å². The number of aliphatic hydroxyl groups is 1. The Bertz CT molecular complexity index is 40.5. The van der Waals surface area contributed by atoms with Crippen LogP contribution in [0.1, 0.15) is 34.1 Å². The van der Waals surface area contributed by atoms with Crippen LogP contribution in [-0.2, 0) is 0 Å². The Morgan fingerprint density at radius 1 is 1.09 bits per heavy atom. The Morgan fingerprint density at radius 3 is 1.55 bits per heavy atom. The number of hydrogen-bond donors (Lipinski definition) is 1. The number of rotatable bonds is 3. The van der Waals surface area contributed by atoms with Gasteiger partial charge in [0.25, 0.3) is 0 Å². The highest BCUT2D eigenvalue weighted by molar-refractivity contribution is 4.41. The zero-order chi connectivity index (χ0) is 9.70. The zero-order valence-corrected chi connectivity index (χ0v) is 9.02. The van der Waals surface area contributed by atoms with E-state index in [-0.39, 0.29) is 0 Å². The number of nitrogens with zero attached hydrogens (tertiary/aromatic N) is 1. The highest BCUT2D eigenvalue weighted by Gasteiger charge is 1.86. The SMILES string of the molecule is CC.CCCN(C)CC.CO. The van der Waals surface area contributed by atoms with Gasteiger partial charge in [0.2, 0.25) is 0 Å². The molecule has 0 atom stereocenters. The third kappa shape index (κ3) is 25.7. The molecule has 0 aliphatic heterocycles. The van der Waals surface area contributed by atoms with Gasteiger partial charge < -0.3 is 10.0 Å². The molecule has 0 saturated heterocycles. The minimum Gasteiger partial charge on any atom is -0.400 e. The van der Waals surface area contributed by atoms with Crippen molar-refractivity contribution in [3.8, 4) is 0 Å². The molecule has 0 fully saturated rings.